The molecule has 0 unspecified atom stereocenters. The first-order valence-corrected chi connectivity index (χ1v) is 14.9. The number of ether oxygens (including phenoxy) is 1. The number of methoxy groups -OCH3 is 1. The molecule has 0 spiro atoms. The molecule has 3 fully saturated rings. The number of carbonyl (C=O) groups is 1. The van der Waals surface area contributed by atoms with E-state index in [-0.39, 0.29) is 6.04 Å². The van der Waals surface area contributed by atoms with Crippen molar-refractivity contribution in [1.82, 2.24) is 24.6 Å². The summed E-state index contributed by atoms with van der Waals surface area (Å²) >= 11 is 0. The molecule has 12 nitrogen and oxygen atoms in total. The highest BCUT2D eigenvalue weighted by Gasteiger charge is 2.27. The number of nitrogens with two attached hydrogens (primary N) is 1. The predicted octanol–water partition coefficient (Wildman–Crippen LogP) is 4.67. The fourth-order valence-electron chi connectivity index (χ4n) is 6.19. The summed E-state index contributed by atoms with van der Waals surface area (Å²) < 4.78 is 7.41. The minimum absolute atomic E-state index is 0.176. The Balaban J connectivity index is 1.10. The molecule has 12 heteroatoms. The van der Waals surface area contributed by atoms with Crippen LogP contribution < -0.4 is 26.4 Å². The first-order valence-electron chi connectivity index (χ1n) is 14.9. The van der Waals surface area contributed by atoms with Crippen LogP contribution >= 0.6 is 0 Å². The maximum absolute atomic E-state index is 12.4. The van der Waals surface area contributed by atoms with E-state index in [1.807, 2.05) is 6.33 Å². The van der Waals surface area contributed by atoms with Crippen LogP contribution in [0.15, 0.2) is 30.6 Å². The van der Waals surface area contributed by atoms with Crippen LogP contribution in [-0.2, 0) is 4.84 Å². The number of hydrogen-bond donors (Lipinski definition) is 4. The van der Waals surface area contributed by atoms with Gasteiger partial charge in [0.05, 0.1) is 13.4 Å². The van der Waals surface area contributed by atoms with Gasteiger partial charge in [0.1, 0.15) is 5.75 Å². The van der Waals surface area contributed by atoms with Gasteiger partial charge in [-0.1, -0.05) is 12.8 Å². The molecule has 41 heavy (non-hydrogen) atoms. The third-order valence-electron chi connectivity index (χ3n) is 8.59. The molecule has 1 aliphatic heterocycles. The van der Waals surface area contributed by atoms with Gasteiger partial charge in [0.2, 0.25) is 5.95 Å². The van der Waals surface area contributed by atoms with Gasteiger partial charge in [-0.05, 0) is 75.6 Å². The predicted molar refractivity (Wildman–Crippen MR) is 158 cm³/mol. The van der Waals surface area contributed by atoms with Gasteiger partial charge < -0.3 is 30.5 Å². The van der Waals surface area contributed by atoms with E-state index in [0.29, 0.717) is 42.9 Å². The summed E-state index contributed by atoms with van der Waals surface area (Å²) in [6.45, 7) is 1.23. The summed E-state index contributed by atoms with van der Waals surface area (Å²) in [5, 5.41) is 11.7. The lowest BCUT2D eigenvalue weighted by Crippen LogP contribution is -2.41. The van der Waals surface area contributed by atoms with Gasteiger partial charge in [-0.15, -0.1) is 5.06 Å². The minimum Gasteiger partial charge on any atom is -0.497 e. The van der Waals surface area contributed by atoms with Crippen LogP contribution in [0.4, 0.5) is 22.2 Å². The molecule has 3 aromatic rings. The Hall–Kier alpha value is -3.64. The second-order valence-electron chi connectivity index (χ2n) is 11.5. The highest BCUT2D eigenvalue weighted by molar-refractivity contribution is 5.85. The zero-order valence-corrected chi connectivity index (χ0v) is 23.7. The molecule has 2 saturated carbocycles. The maximum Gasteiger partial charge on any atom is 0.430 e. The molecule has 5 N–H and O–H groups in total. The quantitative estimate of drug-likeness (QED) is 0.305. The number of nitrogens with zero attached hydrogens (tertiary/aromatic N) is 5. The Kier molecular flexibility index (Phi) is 8.38. The monoisotopic (exact) mass is 563 g/mol. The van der Waals surface area contributed by atoms with E-state index in [9.17, 15) is 4.79 Å². The lowest BCUT2D eigenvalue weighted by Gasteiger charge is -2.31. The molecule has 6 rings (SSSR count). The minimum atomic E-state index is -0.504. The second kappa shape index (κ2) is 12.5. The normalized spacial score (nSPS) is 22.5. The van der Waals surface area contributed by atoms with Gasteiger partial charge in [-0.3, -0.25) is 5.32 Å². The molecular formula is C29H41N9O3. The number of piperidine rings is 1. The Morgan fingerprint density at radius 3 is 2.34 bits per heavy atom. The Morgan fingerprint density at radius 1 is 0.927 bits per heavy atom. The van der Waals surface area contributed by atoms with Crippen LogP contribution in [0.5, 0.6) is 5.75 Å². The standard InChI is InChI=1S/C29H41N9O3/c1-40-24-12-10-21(11-13-24)34-29(39)41-37-16-14-22(15-17-37)32-26-25-27(38(18-31-25)23-4-2-3-5-23)36-28(35-26)33-20-8-6-19(30)7-9-20/h10-13,18-20,22-23H,2-9,14-17,30H2,1H3,(H,34,39)(H2,32,33,35,36). The summed E-state index contributed by atoms with van der Waals surface area (Å²) in [4.78, 5) is 32.6. The number of imidazole rings is 1. The van der Waals surface area contributed by atoms with Gasteiger partial charge in [0, 0.05) is 42.9 Å². The number of fused-ring (bicyclic) bond motifs is 1. The van der Waals surface area contributed by atoms with Crippen molar-refractivity contribution in [2.24, 2.45) is 5.73 Å². The number of rotatable bonds is 8. The number of aromatic nitrogens is 4. The third-order valence-corrected chi connectivity index (χ3v) is 8.59. The van der Waals surface area contributed by atoms with Crippen molar-refractivity contribution in [2.75, 3.05) is 36.1 Å². The van der Waals surface area contributed by atoms with Crippen LogP contribution in [0.3, 0.4) is 0 Å². The molecule has 3 aliphatic rings. The van der Waals surface area contributed by atoms with Crippen molar-refractivity contribution in [3.63, 3.8) is 0 Å². The smallest absolute Gasteiger partial charge is 0.430 e. The first-order chi connectivity index (χ1) is 20.0. The van der Waals surface area contributed by atoms with Crippen molar-refractivity contribution in [2.45, 2.75) is 88.4 Å². The zero-order chi connectivity index (χ0) is 28.2. The number of anilines is 3. The van der Waals surface area contributed by atoms with E-state index in [1.165, 1.54) is 12.8 Å². The largest absolute Gasteiger partial charge is 0.497 e. The first kappa shape index (κ1) is 27.5. The van der Waals surface area contributed by atoms with E-state index >= 15 is 0 Å². The molecule has 1 amide bonds. The van der Waals surface area contributed by atoms with Crippen molar-refractivity contribution in [3.8, 4) is 5.75 Å². The van der Waals surface area contributed by atoms with Gasteiger partial charge in [-0.2, -0.15) is 9.97 Å². The summed E-state index contributed by atoms with van der Waals surface area (Å²) in [6.07, 6.45) is 11.9. The van der Waals surface area contributed by atoms with Crippen LogP contribution in [0.25, 0.3) is 11.2 Å². The fraction of sp³-hybridized carbons (Fsp3) is 0.586. The molecule has 2 aromatic heterocycles. The summed E-state index contributed by atoms with van der Waals surface area (Å²) in [5.41, 5.74) is 8.48. The molecule has 1 aromatic carbocycles. The Bertz CT molecular complexity index is 1310. The SMILES string of the molecule is COc1ccc(NC(=O)ON2CCC(Nc3nc(NC4CCC(N)CC4)nc4c3ncn4C3CCCC3)CC2)cc1. The third kappa shape index (κ3) is 6.65. The number of hydrogen-bond acceptors (Lipinski definition) is 10. The summed E-state index contributed by atoms with van der Waals surface area (Å²) in [6, 6.07) is 8.37. The lowest BCUT2D eigenvalue weighted by atomic mass is 9.92. The highest BCUT2D eigenvalue weighted by atomic mass is 16.7. The van der Waals surface area contributed by atoms with E-state index in [2.05, 4.69) is 20.5 Å². The summed E-state index contributed by atoms with van der Waals surface area (Å²) in [5.74, 6) is 2.14. The van der Waals surface area contributed by atoms with Crippen LogP contribution in [0.2, 0.25) is 0 Å². The van der Waals surface area contributed by atoms with Crippen LogP contribution in [0, 0.1) is 0 Å². The number of carbonyl (C=O) groups excluding carboxylic acids is 1. The average molecular weight is 564 g/mol. The van der Waals surface area contributed by atoms with Crippen molar-refractivity contribution < 1.29 is 14.4 Å². The number of amides is 1. The lowest BCUT2D eigenvalue weighted by molar-refractivity contribution is -0.106. The topological polar surface area (TPSA) is 144 Å². The molecular weight excluding hydrogens is 522 g/mol. The maximum atomic E-state index is 12.4. The fourth-order valence-corrected chi connectivity index (χ4v) is 6.19. The van der Waals surface area contributed by atoms with E-state index < -0.39 is 6.09 Å². The Labute approximate surface area is 240 Å². The average Bonchev–Trinajstić information content (AvgIpc) is 3.66. The van der Waals surface area contributed by atoms with E-state index in [1.54, 1.807) is 36.4 Å². The van der Waals surface area contributed by atoms with Crippen molar-refractivity contribution in [1.29, 1.82) is 0 Å². The molecule has 0 atom stereocenters. The number of benzene rings is 1. The Morgan fingerprint density at radius 2 is 1.63 bits per heavy atom. The zero-order valence-electron chi connectivity index (χ0n) is 23.7. The van der Waals surface area contributed by atoms with Gasteiger partial charge in [0.25, 0.3) is 0 Å². The van der Waals surface area contributed by atoms with Crippen LogP contribution in [-0.4, -0.2) is 69.0 Å². The number of nitrogens with one attached hydrogen (secondary N) is 3. The summed E-state index contributed by atoms with van der Waals surface area (Å²) in [7, 11) is 1.61. The van der Waals surface area contributed by atoms with Gasteiger partial charge in [0.15, 0.2) is 17.0 Å². The van der Waals surface area contributed by atoms with Crippen molar-refractivity contribution in [3.05, 3.63) is 30.6 Å². The molecule has 1 saturated heterocycles. The van der Waals surface area contributed by atoms with E-state index in [4.69, 9.17) is 30.3 Å². The molecule has 3 heterocycles. The van der Waals surface area contributed by atoms with E-state index in [0.717, 1.165) is 74.1 Å². The second-order valence-corrected chi connectivity index (χ2v) is 11.5. The van der Waals surface area contributed by atoms with Crippen LogP contribution in [0.1, 0.15) is 70.3 Å². The highest BCUT2D eigenvalue weighted by Crippen LogP contribution is 2.34. The van der Waals surface area contributed by atoms with Gasteiger partial charge in [-0.25, -0.2) is 9.78 Å². The number of hydroxylamine groups is 2. The molecule has 2 aliphatic carbocycles. The molecule has 0 bridgehead atoms. The molecule has 0 radical (unpaired) electrons. The van der Waals surface area contributed by atoms with Gasteiger partial charge >= 0.3 is 6.09 Å². The molecule has 220 valence electrons. The van der Waals surface area contributed by atoms with Crippen molar-refractivity contribution >= 4 is 34.7 Å².